The molecule has 1 amide bonds. The number of ether oxygens (including phenoxy) is 1. The van der Waals surface area contributed by atoms with Crippen molar-refractivity contribution < 1.29 is 19.4 Å². The van der Waals surface area contributed by atoms with E-state index in [9.17, 15) is 14.7 Å². The highest BCUT2D eigenvalue weighted by atomic mass is 32.1. The number of aromatic nitrogens is 1. The molecule has 1 aliphatic carbocycles. The third kappa shape index (κ3) is 2.76. The number of carbonyl (C=O) groups is 2. The van der Waals surface area contributed by atoms with Crippen molar-refractivity contribution in [2.24, 2.45) is 5.41 Å². The van der Waals surface area contributed by atoms with Crippen molar-refractivity contribution in [2.75, 3.05) is 6.61 Å². The molecule has 7 heteroatoms. The molecule has 0 unspecified atom stereocenters. The average Bonchev–Trinajstić information content (AvgIpc) is 2.86. The van der Waals surface area contributed by atoms with Gasteiger partial charge in [0, 0.05) is 18.4 Å². The molecule has 1 aromatic rings. The van der Waals surface area contributed by atoms with Gasteiger partial charge in [0.05, 0.1) is 16.8 Å². The Morgan fingerprint density at radius 2 is 2.09 bits per heavy atom. The molecule has 1 fully saturated rings. The van der Waals surface area contributed by atoms with Gasteiger partial charge in [0.2, 0.25) is 0 Å². The Labute approximate surface area is 140 Å². The Kier molecular flexibility index (Phi) is 4.82. The number of hydrogen-bond acceptors (Lipinski definition) is 5. The van der Waals surface area contributed by atoms with Gasteiger partial charge in [-0.1, -0.05) is 20.8 Å². The lowest BCUT2D eigenvalue weighted by atomic mass is 9.54. The summed E-state index contributed by atoms with van der Waals surface area (Å²) in [7, 11) is 0. The smallest absolute Gasteiger partial charge is 0.330 e. The standard InChI is InChI=1S/C16H24N2O4S/c1-6-11-17-9(3)12(23-11)13(19)18-16(14(20)21)8-10(22-7-2)15(16,4)5/h10H,6-8H2,1-5H3,(H,18,19)(H,20,21)/t10-,16+/m1/s1. The highest BCUT2D eigenvalue weighted by molar-refractivity contribution is 7.13. The molecule has 1 aromatic heterocycles. The van der Waals surface area contributed by atoms with Crippen LogP contribution in [0.15, 0.2) is 0 Å². The predicted octanol–water partition coefficient (Wildman–Crippen LogP) is 2.40. The summed E-state index contributed by atoms with van der Waals surface area (Å²) in [5, 5.41) is 13.4. The number of aryl methyl sites for hydroxylation is 2. The van der Waals surface area contributed by atoms with E-state index < -0.39 is 16.9 Å². The van der Waals surface area contributed by atoms with Crippen LogP contribution in [0.5, 0.6) is 0 Å². The van der Waals surface area contributed by atoms with Crippen LogP contribution < -0.4 is 5.32 Å². The first-order valence-corrected chi connectivity index (χ1v) is 8.65. The minimum absolute atomic E-state index is 0.183. The van der Waals surface area contributed by atoms with Crippen molar-refractivity contribution in [1.29, 1.82) is 0 Å². The molecule has 1 saturated carbocycles. The summed E-state index contributed by atoms with van der Waals surface area (Å²) in [6.45, 7) is 9.78. The van der Waals surface area contributed by atoms with Crippen LogP contribution in [-0.2, 0) is 16.0 Å². The minimum Gasteiger partial charge on any atom is -0.479 e. The van der Waals surface area contributed by atoms with Crippen LogP contribution in [-0.4, -0.2) is 40.2 Å². The van der Waals surface area contributed by atoms with E-state index in [1.807, 2.05) is 27.7 Å². The fourth-order valence-corrected chi connectivity index (χ4v) is 4.00. The summed E-state index contributed by atoms with van der Waals surface area (Å²) in [4.78, 5) is 29.3. The first kappa shape index (κ1) is 17.9. The molecule has 0 radical (unpaired) electrons. The Bertz CT molecular complexity index is 626. The molecule has 0 aliphatic heterocycles. The predicted molar refractivity (Wildman–Crippen MR) is 87.9 cm³/mol. The largest absolute Gasteiger partial charge is 0.479 e. The molecule has 6 nitrogen and oxygen atoms in total. The Morgan fingerprint density at radius 3 is 2.52 bits per heavy atom. The lowest BCUT2D eigenvalue weighted by molar-refractivity contribution is -0.190. The zero-order chi connectivity index (χ0) is 17.4. The maximum Gasteiger partial charge on any atom is 0.330 e. The van der Waals surface area contributed by atoms with E-state index in [4.69, 9.17) is 4.74 Å². The van der Waals surface area contributed by atoms with E-state index >= 15 is 0 Å². The number of nitrogens with zero attached hydrogens (tertiary/aromatic N) is 1. The van der Waals surface area contributed by atoms with Crippen LogP contribution in [0.2, 0.25) is 0 Å². The molecule has 23 heavy (non-hydrogen) atoms. The van der Waals surface area contributed by atoms with Crippen LogP contribution >= 0.6 is 11.3 Å². The normalized spacial score (nSPS) is 25.7. The summed E-state index contributed by atoms with van der Waals surface area (Å²) in [5.74, 6) is -1.39. The number of carbonyl (C=O) groups excluding carboxylic acids is 1. The summed E-state index contributed by atoms with van der Waals surface area (Å²) >= 11 is 1.32. The Hall–Kier alpha value is -1.47. The van der Waals surface area contributed by atoms with E-state index in [2.05, 4.69) is 10.3 Å². The second-order valence-electron chi connectivity index (χ2n) is 6.41. The number of nitrogens with one attached hydrogen (secondary N) is 1. The average molecular weight is 340 g/mol. The van der Waals surface area contributed by atoms with E-state index in [1.54, 1.807) is 6.92 Å². The molecule has 128 valence electrons. The molecule has 0 aromatic carbocycles. The van der Waals surface area contributed by atoms with E-state index in [1.165, 1.54) is 11.3 Å². The monoisotopic (exact) mass is 340 g/mol. The number of hydrogen-bond donors (Lipinski definition) is 2. The molecule has 1 aliphatic rings. The van der Waals surface area contributed by atoms with Gasteiger partial charge in [-0.2, -0.15) is 0 Å². The molecule has 2 atom stereocenters. The van der Waals surface area contributed by atoms with Crippen molar-refractivity contribution in [3.05, 3.63) is 15.6 Å². The van der Waals surface area contributed by atoms with Crippen LogP contribution in [0.1, 0.15) is 54.5 Å². The van der Waals surface area contributed by atoms with Crippen molar-refractivity contribution in [1.82, 2.24) is 10.3 Å². The lowest BCUT2D eigenvalue weighted by Crippen LogP contribution is -2.76. The molecule has 2 N–H and O–H groups in total. The number of amides is 1. The van der Waals surface area contributed by atoms with Crippen LogP contribution in [0.25, 0.3) is 0 Å². The molecule has 2 rings (SSSR count). The fourth-order valence-electron chi connectivity index (χ4n) is 3.10. The quantitative estimate of drug-likeness (QED) is 0.830. The van der Waals surface area contributed by atoms with Gasteiger partial charge < -0.3 is 15.2 Å². The fraction of sp³-hybridized carbons (Fsp3) is 0.688. The van der Waals surface area contributed by atoms with Crippen molar-refractivity contribution in [3.63, 3.8) is 0 Å². The first-order valence-electron chi connectivity index (χ1n) is 7.83. The first-order chi connectivity index (χ1) is 10.7. The molecule has 0 spiro atoms. The van der Waals surface area contributed by atoms with Gasteiger partial charge in [-0.3, -0.25) is 4.79 Å². The molecular weight excluding hydrogens is 316 g/mol. The number of carboxylic acid groups (broad SMARTS) is 1. The van der Waals surface area contributed by atoms with Gasteiger partial charge in [-0.25, -0.2) is 9.78 Å². The summed E-state index contributed by atoms with van der Waals surface area (Å²) < 4.78 is 5.61. The zero-order valence-electron chi connectivity index (χ0n) is 14.2. The van der Waals surface area contributed by atoms with Gasteiger partial charge in [0.15, 0.2) is 0 Å². The molecule has 0 bridgehead atoms. The summed E-state index contributed by atoms with van der Waals surface area (Å²) in [5.41, 5.74) is -1.35. The molecule has 0 saturated heterocycles. The second-order valence-corrected chi connectivity index (χ2v) is 7.49. The highest BCUT2D eigenvalue weighted by Crippen LogP contribution is 2.51. The maximum atomic E-state index is 12.6. The third-order valence-corrected chi connectivity index (χ3v) is 6.11. The van der Waals surface area contributed by atoms with Crippen molar-refractivity contribution >= 4 is 23.2 Å². The van der Waals surface area contributed by atoms with Gasteiger partial charge in [-0.05, 0) is 20.3 Å². The Morgan fingerprint density at radius 1 is 1.43 bits per heavy atom. The van der Waals surface area contributed by atoms with Gasteiger partial charge in [-0.15, -0.1) is 11.3 Å². The van der Waals surface area contributed by atoms with Gasteiger partial charge in [0.25, 0.3) is 5.91 Å². The Balaban J connectivity index is 2.26. The minimum atomic E-state index is -1.31. The number of aliphatic carboxylic acids is 1. The van der Waals surface area contributed by atoms with E-state index in [0.29, 0.717) is 17.2 Å². The van der Waals surface area contributed by atoms with Crippen LogP contribution in [0.4, 0.5) is 0 Å². The van der Waals surface area contributed by atoms with Gasteiger partial charge in [0.1, 0.15) is 10.4 Å². The number of rotatable bonds is 6. The number of thiazole rings is 1. The van der Waals surface area contributed by atoms with Crippen LogP contribution in [0, 0.1) is 12.3 Å². The molecule has 1 heterocycles. The van der Waals surface area contributed by atoms with E-state index in [0.717, 1.165) is 11.4 Å². The topological polar surface area (TPSA) is 88.5 Å². The summed E-state index contributed by atoms with van der Waals surface area (Å²) in [6.07, 6.45) is 0.839. The number of carboxylic acids is 1. The van der Waals surface area contributed by atoms with Crippen LogP contribution in [0.3, 0.4) is 0 Å². The molecular formula is C16H24N2O4S. The van der Waals surface area contributed by atoms with Gasteiger partial charge >= 0.3 is 5.97 Å². The highest BCUT2D eigenvalue weighted by Gasteiger charge is 2.66. The lowest BCUT2D eigenvalue weighted by Gasteiger charge is -2.58. The van der Waals surface area contributed by atoms with E-state index in [-0.39, 0.29) is 18.4 Å². The third-order valence-electron chi connectivity index (χ3n) is 4.81. The SMILES string of the molecule is CCO[C@@H]1C[C@](NC(=O)c2sc(CC)nc2C)(C(=O)O)C1(C)C. The summed E-state index contributed by atoms with van der Waals surface area (Å²) in [6, 6.07) is 0. The maximum absolute atomic E-state index is 12.6. The second kappa shape index (κ2) is 6.20. The van der Waals surface area contributed by atoms with Crippen molar-refractivity contribution in [3.8, 4) is 0 Å². The zero-order valence-corrected chi connectivity index (χ0v) is 15.0. The van der Waals surface area contributed by atoms with Crippen molar-refractivity contribution in [2.45, 2.75) is 59.1 Å².